The predicted octanol–water partition coefficient (Wildman–Crippen LogP) is 3.54. The average Bonchev–Trinajstić information content (AvgIpc) is 2.70. The maximum absolute atomic E-state index is 13.7. The first-order valence-corrected chi connectivity index (χ1v) is 8.00. The molecule has 0 aliphatic heterocycles. The van der Waals surface area contributed by atoms with E-state index in [0.29, 0.717) is 23.1 Å². The van der Waals surface area contributed by atoms with Gasteiger partial charge in [0.2, 0.25) is 0 Å². The summed E-state index contributed by atoms with van der Waals surface area (Å²) in [6.07, 6.45) is 1.17. The van der Waals surface area contributed by atoms with Crippen LogP contribution >= 0.6 is 0 Å². The lowest BCUT2D eigenvalue weighted by Crippen LogP contribution is -2.15. The van der Waals surface area contributed by atoms with Crippen molar-refractivity contribution in [3.05, 3.63) is 77.8 Å². The fraction of sp³-hybridized carbons (Fsp3) is 0.0526. The molecule has 0 spiro atoms. The molecule has 0 atom stereocenters. The van der Waals surface area contributed by atoms with Gasteiger partial charge in [-0.2, -0.15) is 0 Å². The van der Waals surface area contributed by atoms with E-state index in [9.17, 15) is 18.4 Å². The number of hydrogen-bond acceptors (Lipinski definition) is 6. The van der Waals surface area contributed by atoms with Gasteiger partial charge in [-0.25, -0.2) is 23.5 Å². The summed E-state index contributed by atoms with van der Waals surface area (Å²) in [5, 5.41) is 5.28. The number of hydrogen-bond donors (Lipinski definition) is 2. The highest BCUT2D eigenvalue weighted by molar-refractivity contribution is 6.03. The number of esters is 1. The topological polar surface area (TPSA) is 93.2 Å². The van der Waals surface area contributed by atoms with Gasteiger partial charge in [0, 0.05) is 17.8 Å². The average molecular weight is 384 g/mol. The second-order valence-electron chi connectivity index (χ2n) is 5.56. The monoisotopic (exact) mass is 384 g/mol. The highest BCUT2D eigenvalue weighted by Crippen LogP contribution is 2.18. The molecule has 2 aromatic carbocycles. The second kappa shape index (κ2) is 8.21. The molecule has 0 bridgehead atoms. The number of benzene rings is 2. The third kappa shape index (κ3) is 4.44. The van der Waals surface area contributed by atoms with Crippen LogP contribution in [0.5, 0.6) is 0 Å². The van der Waals surface area contributed by atoms with Crippen LogP contribution in [0, 0.1) is 11.6 Å². The largest absolute Gasteiger partial charge is 0.465 e. The van der Waals surface area contributed by atoms with Crippen LogP contribution in [-0.4, -0.2) is 29.0 Å². The molecule has 3 rings (SSSR count). The van der Waals surface area contributed by atoms with E-state index in [1.807, 2.05) is 0 Å². The first-order chi connectivity index (χ1) is 13.5. The van der Waals surface area contributed by atoms with Gasteiger partial charge in [0.25, 0.3) is 5.91 Å². The van der Waals surface area contributed by atoms with Crippen LogP contribution in [-0.2, 0) is 4.74 Å². The van der Waals surface area contributed by atoms with Gasteiger partial charge in [-0.15, -0.1) is 0 Å². The minimum atomic E-state index is -0.897. The summed E-state index contributed by atoms with van der Waals surface area (Å²) >= 11 is 0. The van der Waals surface area contributed by atoms with Gasteiger partial charge >= 0.3 is 5.97 Å². The van der Waals surface area contributed by atoms with E-state index in [0.717, 1.165) is 12.1 Å². The van der Waals surface area contributed by atoms with E-state index in [1.165, 1.54) is 19.5 Å². The molecule has 7 nitrogen and oxygen atoms in total. The summed E-state index contributed by atoms with van der Waals surface area (Å²) in [5.41, 5.74) is 0.810. The first-order valence-electron chi connectivity index (χ1n) is 8.00. The molecular formula is C19H14F2N4O3. The van der Waals surface area contributed by atoms with Crippen LogP contribution in [0.15, 0.2) is 54.9 Å². The van der Waals surface area contributed by atoms with Gasteiger partial charge in [0.15, 0.2) is 0 Å². The van der Waals surface area contributed by atoms with Crippen LogP contribution in [0.1, 0.15) is 20.8 Å². The molecule has 0 saturated carbocycles. The van der Waals surface area contributed by atoms with E-state index < -0.39 is 23.5 Å². The van der Waals surface area contributed by atoms with Crippen LogP contribution in [0.25, 0.3) is 0 Å². The Bertz CT molecular complexity index is 1030. The summed E-state index contributed by atoms with van der Waals surface area (Å²) in [7, 11) is 1.29. The van der Waals surface area contributed by atoms with Crippen molar-refractivity contribution in [2.24, 2.45) is 0 Å². The summed E-state index contributed by atoms with van der Waals surface area (Å²) in [4.78, 5) is 31.6. The van der Waals surface area contributed by atoms with Crippen molar-refractivity contribution in [1.82, 2.24) is 9.97 Å². The number of nitrogens with one attached hydrogen (secondary N) is 2. The maximum atomic E-state index is 13.7. The van der Waals surface area contributed by atoms with Gasteiger partial charge < -0.3 is 15.4 Å². The van der Waals surface area contributed by atoms with Crippen LogP contribution < -0.4 is 10.6 Å². The first kappa shape index (κ1) is 18.9. The molecule has 0 fully saturated rings. The van der Waals surface area contributed by atoms with E-state index in [2.05, 4.69) is 25.3 Å². The van der Waals surface area contributed by atoms with Crippen LogP contribution in [0.4, 0.5) is 26.0 Å². The highest BCUT2D eigenvalue weighted by Gasteiger charge is 2.13. The Labute approximate surface area is 158 Å². The van der Waals surface area contributed by atoms with Crippen molar-refractivity contribution in [1.29, 1.82) is 0 Å². The van der Waals surface area contributed by atoms with E-state index in [1.54, 1.807) is 24.3 Å². The van der Waals surface area contributed by atoms with Gasteiger partial charge in [0.05, 0.1) is 18.4 Å². The Morgan fingerprint density at radius 3 is 2.43 bits per heavy atom. The van der Waals surface area contributed by atoms with Crippen LogP contribution in [0.2, 0.25) is 0 Å². The quantitative estimate of drug-likeness (QED) is 0.654. The predicted molar refractivity (Wildman–Crippen MR) is 97.4 cm³/mol. The summed E-state index contributed by atoms with van der Waals surface area (Å²) in [6.45, 7) is 0. The van der Waals surface area contributed by atoms with Crippen molar-refractivity contribution < 1.29 is 23.1 Å². The molecule has 0 saturated heterocycles. The highest BCUT2D eigenvalue weighted by atomic mass is 19.1. The zero-order chi connectivity index (χ0) is 20.1. The summed E-state index contributed by atoms with van der Waals surface area (Å²) in [5.74, 6) is -2.48. The molecule has 2 N–H and O–H groups in total. The summed E-state index contributed by atoms with van der Waals surface area (Å²) in [6, 6.07) is 10.6. The molecule has 0 aliphatic rings. The minimum Gasteiger partial charge on any atom is -0.465 e. The molecule has 1 amide bonds. The van der Waals surface area contributed by atoms with E-state index in [-0.39, 0.29) is 11.4 Å². The van der Waals surface area contributed by atoms with Crippen LogP contribution in [0.3, 0.4) is 0 Å². The van der Waals surface area contributed by atoms with Crippen molar-refractivity contribution >= 4 is 29.1 Å². The molecule has 142 valence electrons. The lowest BCUT2D eigenvalue weighted by Gasteiger charge is -2.09. The smallest absolute Gasteiger partial charge is 0.337 e. The minimum absolute atomic E-state index is 0.0209. The number of aromatic nitrogens is 2. The third-order valence-corrected chi connectivity index (χ3v) is 3.66. The van der Waals surface area contributed by atoms with Crippen molar-refractivity contribution in [3.63, 3.8) is 0 Å². The van der Waals surface area contributed by atoms with Crippen molar-refractivity contribution in [2.75, 3.05) is 17.7 Å². The summed E-state index contributed by atoms with van der Waals surface area (Å²) < 4.78 is 31.3. The van der Waals surface area contributed by atoms with Crippen molar-refractivity contribution in [3.8, 4) is 0 Å². The fourth-order valence-electron chi connectivity index (χ4n) is 2.28. The van der Waals surface area contributed by atoms with Gasteiger partial charge in [0.1, 0.15) is 29.5 Å². The number of carbonyl (C=O) groups excluding carboxylic acids is 2. The number of methoxy groups -OCH3 is 1. The molecule has 1 heterocycles. The Morgan fingerprint density at radius 1 is 1.00 bits per heavy atom. The molecular weight excluding hydrogens is 370 g/mol. The number of amides is 1. The number of anilines is 3. The number of nitrogens with zero attached hydrogens (tertiary/aromatic N) is 2. The third-order valence-electron chi connectivity index (χ3n) is 3.66. The molecule has 0 unspecified atom stereocenters. The molecule has 0 radical (unpaired) electrons. The standard InChI is InChI=1S/C19H14F2N4O3/c1-28-19(27)11-2-5-13(6-3-11)24-17-9-16(22-10-23-17)18(26)25-15-7-4-12(20)8-14(15)21/h2-10H,1H3,(H,25,26)(H,22,23,24). The lowest BCUT2D eigenvalue weighted by molar-refractivity contribution is 0.0600. The zero-order valence-electron chi connectivity index (χ0n) is 14.6. The molecule has 9 heteroatoms. The lowest BCUT2D eigenvalue weighted by atomic mass is 10.2. The van der Waals surface area contributed by atoms with E-state index in [4.69, 9.17) is 0 Å². The Hall–Kier alpha value is -3.88. The number of carbonyl (C=O) groups is 2. The molecule has 3 aromatic rings. The molecule has 1 aromatic heterocycles. The molecule has 0 aliphatic carbocycles. The normalized spacial score (nSPS) is 10.2. The maximum Gasteiger partial charge on any atom is 0.337 e. The zero-order valence-corrected chi connectivity index (χ0v) is 14.6. The van der Waals surface area contributed by atoms with Crippen molar-refractivity contribution in [2.45, 2.75) is 0 Å². The Morgan fingerprint density at radius 2 is 1.75 bits per heavy atom. The van der Waals surface area contributed by atoms with E-state index >= 15 is 0 Å². The SMILES string of the molecule is COC(=O)c1ccc(Nc2cc(C(=O)Nc3ccc(F)cc3F)ncn2)cc1. The molecule has 28 heavy (non-hydrogen) atoms. The van der Waals surface area contributed by atoms with Gasteiger partial charge in [-0.05, 0) is 36.4 Å². The van der Waals surface area contributed by atoms with Gasteiger partial charge in [-0.1, -0.05) is 0 Å². The fourth-order valence-corrected chi connectivity index (χ4v) is 2.28. The van der Waals surface area contributed by atoms with Gasteiger partial charge in [-0.3, -0.25) is 4.79 Å². The Balaban J connectivity index is 1.72. The number of halogens is 2. The number of ether oxygens (including phenoxy) is 1. The number of rotatable bonds is 5. The Kier molecular flexibility index (Phi) is 5.54. The second-order valence-corrected chi connectivity index (χ2v) is 5.56.